The van der Waals surface area contributed by atoms with Gasteiger partial charge >= 0.3 is 0 Å². The van der Waals surface area contributed by atoms with Crippen molar-refractivity contribution in [3.05, 3.63) is 59.4 Å². The van der Waals surface area contributed by atoms with Crippen LogP contribution < -0.4 is 0 Å². The number of nitriles is 1. The maximum atomic E-state index is 8.96. The van der Waals surface area contributed by atoms with E-state index in [4.69, 9.17) is 5.26 Å². The van der Waals surface area contributed by atoms with E-state index in [9.17, 15) is 0 Å². The highest BCUT2D eigenvalue weighted by Crippen LogP contribution is 2.21. The number of fused-ring (bicyclic) bond motifs is 1. The predicted molar refractivity (Wildman–Crippen MR) is 72.6 cm³/mol. The second-order valence-corrected chi connectivity index (χ2v) is 4.46. The molecule has 0 amide bonds. The minimum Gasteiger partial charge on any atom is -0.348 e. The molecule has 0 saturated carbocycles. The summed E-state index contributed by atoms with van der Waals surface area (Å²) in [5.41, 5.74) is 3.72. The Balaban J connectivity index is 2.13. The lowest BCUT2D eigenvalue weighted by Crippen LogP contribution is -1.94. The van der Waals surface area contributed by atoms with Crippen molar-refractivity contribution in [3.63, 3.8) is 0 Å². The molecule has 0 aliphatic rings. The number of imidazole rings is 1. The molecule has 0 spiro atoms. The van der Waals surface area contributed by atoms with Gasteiger partial charge in [-0.25, -0.2) is 9.97 Å². The summed E-state index contributed by atoms with van der Waals surface area (Å²) >= 11 is 0. The largest absolute Gasteiger partial charge is 0.348 e. The number of aromatic amines is 1. The van der Waals surface area contributed by atoms with Crippen molar-refractivity contribution < 1.29 is 0 Å². The van der Waals surface area contributed by atoms with Crippen molar-refractivity contribution in [2.45, 2.75) is 13.3 Å². The van der Waals surface area contributed by atoms with Gasteiger partial charge in [0, 0.05) is 23.7 Å². The number of rotatable bonds is 2. The summed E-state index contributed by atoms with van der Waals surface area (Å²) in [6, 6.07) is 10.0. The van der Waals surface area contributed by atoms with E-state index in [2.05, 4.69) is 27.1 Å². The fourth-order valence-electron chi connectivity index (χ4n) is 2.21. The SMILES string of the molecule is Cc1nc[nH]c1Cc1cccc2cnc(C#N)cc12. The zero-order valence-corrected chi connectivity index (χ0v) is 10.5. The van der Waals surface area contributed by atoms with Crippen molar-refractivity contribution >= 4 is 10.8 Å². The molecule has 0 saturated heterocycles. The fraction of sp³-hybridized carbons (Fsp3) is 0.133. The molecule has 0 atom stereocenters. The number of aromatic nitrogens is 3. The van der Waals surface area contributed by atoms with Crippen LogP contribution in [-0.4, -0.2) is 15.0 Å². The molecular weight excluding hydrogens is 236 g/mol. The minimum atomic E-state index is 0.446. The summed E-state index contributed by atoms with van der Waals surface area (Å²) in [7, 11) is 0. The van der Waals surface area contributed by atoms with Crippen LogP contribution in [0.1, 0.15) is 22.6 Å². The van der Waals surface area contributed by atoms with E-state index in [0.29, 0.717) is 5.69 Å². The third-order valence-corrected chi connectivity index (χ3v) is 3.27. The van der Waals surface area contributed by atoms with Gasteiger partial charge in [0.25, 0.3) is 0 Å². The number of H-pyrrole nitrogens is 1. The molecule has 2 aromatic heterocycles. The zero-order valence-electron chi connectivity index (χ0n) is 10.5. The van der Waals surface area contributed by atoms with E-state index in [1.807, 2.05) is 25.1 Å². The second-order valence-electron chi connectivity index (χ2n) is 4.46. The first-order valence-corrected chi connectivity index (χ1v) is 6.04. The molecule has 0 fully saturated rings. The predicted octanol–water partition coefficient (Wildman–Crippen LogP) is 2.73. The lowest BCUT2D eigenvalue weighted by atomic mass is 10.0. The van der Waals surface area contributed by atoms with Crippen LogP contribution in [0, 0.1) is 18.3 Å². The van der Waals surface area contributed by atoms with Crippen LogP contribution in [0.4, 0.5) is 0 Å². The van der Waals surface area contributed by atoms with Crippen molar-refractivity contribution in [2.75, 3.05) is 0 Å². The molecule has 1 N–H and O–H groups in total. The number of hydrogen-bond acceptors (Lipinski definition) is 3. The average molecular weight is 248 g/mol. The standard InChI is InChI=1S/C15H12N4/c1-10-15(19-9-18-10)5-11-3-2-4-12-8-17-13(7-16)6-14(11)12/h2-4,6,8-9H,5H2,1H3,(H,18,19). The molecule has 3 rings (SSSR count). The van der Waals surface area contributed by atoms with Gasteiger partial charge < -0.3 is 4.98 Å². The summed E-state index contributed by atoms with van der Waals surface area (Å²) in [5.74, 6) is 0. The van der Waals surface area contributed by atoms with Crippen molar-refractivity contribution in [1.29, 1.82) is 5.26 Å². The summed E-state index contributed by atoms with van der Waals surface area (Å²) in [5, 5.41) is 11.1. The number of benzene rings is 1. The van der Waals surface area contributed by atoms with Gasteiger partial charge in [-0.15, -0.1) is 0 Å². The van der Waals surface area contributed by atoms with Gasteiger partial charge in [-0.05, 0) is 23.9 Å². The van der Waals surface area contributed by atoms with Crippen LogP contribution in [0.5, 0.6) is 0 Å². The molecule has 4 heteroatoms. The Hall–Kier alpha value is -2.67. The van der Waals surface area contributed by atoms with Gasteiger partial charge in [-0.1, -0.05) is 18.2 Å². The monoisotopic (exact) mass is 248 g/mol. The van der Waals surface area contributed by atoms with Crippen LogP contribution in [-0.2, 0) is 6.42 Å². The summed E-state index contributed by atoms with van der Waals surface area (Å²) in [6.45, 7) is 1.99. The third kappa shape index (κ3) is 2.06. The van der Waals surface area contributed by atoms with Crippen LogP contribution >= 0.6 is 0 Å². The van der Waals surface area contributed by atoms with Crippen molar-refractivity contribution in [3.8, 4) is 6.07 Å². The first-order valence-electron chi connectivity index (χ1n) is 6.04. The second kappa shape index (κ2) is 4.54. The fourth-order valence-corrected chi connectivity index (χ4v) is 2.21. The van der Waals surface area contributed by atoms with E-state index in [-0.39, 0.29) is 0 Å². The van der Waals surface area contributed by atoms with Gasteiger partial charge in [0.15, 0.2) is 0 Å². The maximum absolute atomic E-state index is 8.96. The Morgan fingerprint density at radius 1 is 1.32 bits per heavy atom. The van der Waals surface area contributed by atoms with Crippen LogP contribution in [0.25, 0.3) is 10.8 Å². The van der Waals surface area contributed by atoms with E-state index >= 15 is 0 Å². The zero-order chi connectivity index (χ0) is 13.2. The Morgan fingerprint density at radius 2 is 2.21 bits per heavy atom. The minimum absolute atomic E-state index is 0.446. The van der Waals surface area contributed by atoms with Crippen molar-refractivity contribution in [1.82, 2.24) is 15.0 Å². The smallest absolute Gasteiger partial charge is 0.141 e. The van der Waals surface area contributed by atoms with E-state index < -0.39 is 0 Å². The summed E-state index contributed by atoms with van der Waals surface area (Å²) < 4.78 is 0. The molecule has 19 heavy (non-hydrogen) atoms. The number of pyridine rings is 1. The topological polar surface area (TPSA) is 65.4 Å². The maximum Gasteiger partial charge on any atom is 0.141 e. The molecule has 0 aliphatic heterocycles. The molecule has 92 valence electrons. The Morgan fingerprint density at radius 3 is 2.95 bits per heavy atom. The number of nitrogens with zero attached hydrogens (tertiary/aromatic N) is 3. The van der Waals surface area contributed by atoms with Gasteiger partial charge in [-0.2, -0.15) is 5.26 Å². The van der Waals surface area contributed by atoms with Gasteiger partial charge in [-0.3, -0.25) is 0 Å². The molecule has 0 aliphatic carbocycles. The lowest BCUT2D eigenvalue weighted by Gasteiger charge is -2.06. The van der Waals surface area contributed by atoms with Crippen LogP contribution in [0.2, 0.25) is 0 Å². The first kappa shape index (κ1) is 11.4. The highest BCUT2D eigenvalue weighted by atomic mass is 14.9. The third-order valence-electron chi connectivity index (χ3n) is 3.27. The molecule has 0 unspecified atom stereocenters. The normalized spacial score (nSPS) is 10.5. The van der Waals surface area contributed by atoms with Gasteiger partial charge in [0.05, 0.1) is 12.0 Å². The Kier molecular flexibility index (Phi) is 2.73. The molecule has 4 nitrogen and oxygen atoms in total. The molecule has 3 aromatic rings. The molecular formula is C15H12N4. The Bertz CT molecular complexity index is 780. The van der Waals surface area contributed by atoms with Gasteiger partial charge in [0.2, 0.25) is 0 Å². The highest BCUT2D eigenvalue weighted by Gasteiger charge is 2.07. The first-order chi connectivity index (χ1) is 9.28. The van der Waals surface area contributed by atoms with Crippen LogP contribution in [0.15, 0.2) is 36.8 Å². The number of aryl methyl sites for hydroxylation is 1. The molecule has 0 bridgehead atoms. The van der Waals surface area contributed by atoms with Crippen molar-refractivity contribution in [2.24, 2.45) is 0 Å². The number of hydrogen-bond donors (Lipinski definition) is 1. The van der Waals surface area contributed by atoms with Gasteiger partial charge in [0.1, 0.15) is 11.8 Å². The quantitative estimate of drug-likeness (QED) is 0.758. The van der Waals surface area contributed by atoms with E-state index in [0.717, 1.165) is 28.6 Å². The Labute approximate surface area is 110 Å². The highest BCUT2D eigenvalue weighted by molar-refractivity contribution is 5.86. The van der Waals surface area contributed by atoms with E-state index in [1.54, 1.807) is 12.5 Å². The van der Waals surface area contributed by atoms with E-state index in [1.165, 1.54) is 5.56 Å². The number of nitrogens with one attached hydrogen (secondary N) is 1. The molecule has 2 heterocycles. The average Bonchev–Trinajstić information content (AvgIpc) is 2.84. The lowest BCUT2D eigenvalue weighted by molar-refractivity contribution is 1.09. The molecule has 1 aromatic carbocycles. The molecule has 0 radical (unpaired) electrons. The van der Waals surface area contributed by atoms with Crippen LogP contribution in [0.3, 0.4) is 0 Å². The summed E-state index contributed by atoms with van der Waals surface area (Å²) in [4.78, 5) is 11.5. The summed E-state index contributed by atoms with van der Waals surface area (Å²) in [6.07, 6.45) is 4.23.